The first-order valence-electron chi connectivity index (χ1n) is 6.64. The predicted molar refractivity (Wildman–Crippen MR) is 85.2 cm³/mol. The molecule has 0 bridgehead atoms. The highest BCUT2D eigenvalue weighted by molar-refractivity contribution is 7.86. The van der Waals surface area contributed by atoms with E-state index in [1.807, 2.05) is 42.1 Å². The molecule has 22 heavy (non-hydrogen) atoms. The van der Waals surface area contributed by atoms with Gasteiger partial charge in [-0.05, 0) is 18.2 Å². The predicted octanol–water partition coefficient (Wildman–Crippen LogP) is 2.92. The van der Waals surface area contributed by atoms with E-state index in [4.69, 9.17) is 4.28 Å². The zero-order valence-corrected chi connectivity index (χ0v) is 12.7. The lowest BCUT2D eigenvalue weighted by Gasteiger charge is -1.99. The van der Waals surface area contributed by atoms with E-state index in [-0.39, 0.29) is 4.90 Å². The Morgan fingerprint density at radius 1 is 1.05 bits per heavy atom. The summed E-state index contributed by atoms with van der Waals surface area (Å²) in [4.78, 5) is 0.0741. The maximum absolute atomic E-state index is 12.0. The van der Waals surface area contributed by atoms with Gasteiger partial charge in [0, 0.05) is 29.7 Å². The fourth-order valence-corrected chi connectivity index (χ4v) is 2.97. The Kier molecular flexibility index (Phi) is 3.68. The number of fused-ring (bicyclic) bond motifs is 1. The van der Waals surface area contributed by atoms with E-state index >= 15 is 0 Å². The Hall–Kier alpha value is -2.60. The molecule has 0 unspecified atom stereocenters. The van der Waals surface area contributed by atoms with Gasteiger partial charge in [-0.2, -0.15) is 8.42 Å². The minimum atomic E-state index is -3.88. The maximum atomic E-state index is 12.0. The molecule has 1 aromatic heterocycles. The molecular formula is C16H14N2O3S. The molecule has 0 spiro atoms. The van der Waals surface area contributed by atoms with Crippen LogP contribution in [0.2, 0.25) is 0 Å². The summed E-state index contributed by atoms with van der Waals surface area (Å²) in [6, 6.07) is 15.7. The number of aromatic nitrogens is 1. The average Bonchev–Trinajstić information content (AvgIpc) is 2.85. The SMILES string of the molecule is Cn1cc(C=NOS(=O)(=O)c2ccccc2)c2ccccc21. The largest absolute Gasteiger partial charge is 0.358 e. The summed E-state index contributed by atoms with van der Waals surface area (Å²) < 4.78 is 30.6. The van der Waals surface area contributed by atoms with Crippen LogP contribution >= 0.6 is 0 Å². The second-order valence-electron chi connectivity index (χ2n) is 4.79. The molecule has 6 heteroatoms. The number of aryl methyl sites for hydroxylation is 1. The van der Waals surface area contributed by atoms with Gasteiger partial charge in [0.15, 0.2) is 0 Å². The molecule has 0 amide bonds. The molecule has 0 radical (unpaired) electrons. The summed E-state index contributed by atoms with van der Waals surface area (Å²) >= 11 is 0. The van der Waals surface area contributed by atoms with Gasteiger partial charge in [0.05, 0.1) is 6.21 Å². The van der Waals surface area contributed by atoms with Crippen LogP contribution in [0.1, 0.15) is 5.56 Å². The van der Waals surface area contributed by atoms with Crippen LogP contribution in [0.3, 0.4) is 0 Å². The van der Waals surface area contributed by atoms with Gasteiger partial charge >= 0.3 is 10.1 Å². The number of nitrogens with zero attached hydrogens (tertiary/aromatic N) is 2. The fourth-order valence-electron chi connectivity index (χ4n) is 2.24. The van der Waals surface area contributed by atoms with Crippen molar-refractivity contribution >= 4 is 27.2 Å². The molecule has 5 nitrogen and oxygen atoms in total. The summed E-state index contributed by atoms with van der Waals surface area (Å²) in [7, 11) is -1.96. The van der Waals surface area contributed by atoms with Gasteiger partial charge in [-0.1, -0.05) is 41.6 Å². The maximum Gasteiger partial charge on any atom is 0.358 e. The summed E-state index contributed by atoms with van der Waals surface area (Å²) in [5.41, 5.74) is 1.83. The summed E-state index contributed by atoms with van der Waals surface area (Å²) in [6.45, 7) is 0. The van der Waals surface area contributed by atoms with Crippen molar-refractivity contribution < 1.29 is 12.7 Å². The van der Waals surface area contributed by atoms with Gasteiger partial charge in [0.2, 0.25) is 0 Å². The lowest BCUT2D eigenvalue weighted by molar-refractivity contribution is 0.341. The van der Waals surface area contributed by atoms with Crippen LogP contribution < -0.4 is 0 Å². The van der Waals surface area contributed by atoms with Crippen LogP contribution in [0.4, 0.5) is 0 Å². The van der Waals surface area contributed by atoms with E-state index in [9.17, 15) is 8.42 Å². The lowest BCUT2D eigenvalue weighted by atomic mass is 10.2. The van der Waals surface area contributed by atoms with Gasteiger partial charge < -0.3 is 4.57 Å². The van der Waals surface area contributed by atoms with Crippen molar-refractivity contribution in [3.63, 3.8) is 0 Å². The number of rotatable bonds is 4. The van der Waals surface area contributed by atoms with E-state index in [0.29, 0.717) is 0 Å². The molecule has 0 aliphatic heterocycles. The minimum absolute atomic E-state index is 0.0741. The molecular weight excluding hydrogens is 300 g/mol. The minimum Gasteiger partial charge on any atom is -0.350 e. The van der Waals surface area contributed by atoms with Gasteiger partial charge in [-0.3, -0.25) is 4.28 Å². The molecule has 0 aliphatic carbocycles. The second kappa shape index (κ2) is 5.65. The first-order valence-corrected chi connectivity index (χ1v) is 8.05. The van der Waals surface area contributed by atoms with Gasteiger partial charge in [0.25, 0.3) is 0 Å². The molecule has 0 N–H and O–H groups in total. The number of para-hydroxylation sites is 1. The number of oxime groups is 1. The second-order valence-corrected chi connectivity index (χ2v) is 6.32. The molecule has 112 valence electrons. The molecule has 2 aromatic carbocycles. The van der Waals surface area contributed by atoms with Crippen LogP contribution in [-0.2, 0) is 21.4 Å². The Morgan fingerprint density at radius 3 is 2.50 bits per heavy atom. The highest BCUT2D eigenvalue weighted by atomic mass is 32.2. The van der Waals surface area contributed by atoms with Crippen molar-refractivity contribution in [2.45, 2.75) is 4.90 Å². The van der Waals surface area contributed by atoms with Crippen molar-refractivity contribution in [3.8, 4) is 0 Å². The van der Waals surface area contributed by atoms with Crippen molar-refractivity contribution in [3.05, 3.63) is 66.4 Å². The molecule has 1 heterocycles. The monoisotopic (exact) mass is 314 g/mol. The molecule has 0 atom stereocenters. The van der Waals surface area contributed by atoms with Crippen LogP contribution in [0.5, 0.6) is 0 Å². The average molecular weight is 314 g/mol. The van der Waals surface area contributed by atoms with Crippen molar-refractivity contribution in [1.29, 1.82) is 0 Å². The molecule has 0 saturated heterocycles. The molecule has 0 saturated carbocycles. The first kappa shape index (κ1) is 14.3. The zero-order valence-electron chi connectivity index (χ0n) is 11.9. The number of hydrogen-bond acceptors (Lipinski definition) is 4. The quantitative estimate of drug-likeness (QED) is 0.549. The van der Waals surface area contributed by atoms with Crippen molar-refractivity contribution in [1.82, 2.24) is 4.57 Å². The Morgan fingerprint density at radius 2 is 1.73 bits per heavy atom. The molecule has 0 aliphatic rings. The van der Waals surface area contributed by atoms with E-state index in [2.05, 4.69) is 5.16 Å². The topological polar surface area (TPSA) is 60.7 Å². The van der Waals surface area contributed by atoms with Crippen LogP contribution in [0, 0.1) is 0 Å². The van der Waals surface area contributed by atoms with E-state index in [1.165, 1.54) is 18.3 Å². The zero-order chi connectivity index (χ0) is 15.6. The lowest BCUT2D eigenvalue weighted by Crippen LogP contribution is -2.02. The highest BCUT2D eigenvalue weighted by Gasteiger charge is 2.14. The third kappa shape index (κ3) is 2.73. The highest BCUT2D eigenvalue weighted by Crippen LogP contribution is 2.19. The Labute approximate surface area is 128 Å². The Bertz CT molecular complexity index is 928. The fraction of sp³-hybridized carbons (Fsp3) is 0.0625. The van der Waals surface area contributed by atoms with E-state index < -0.39 is 10.1 Å². The van der Waals surface area contributed by atoms with Crippen molar-refractivity contribution in [2.24, 2.45) is 12.2 Å². The third-order valence-corrected chi connectivity index (χ3v) is 4.42. The first-order chi connectivity index (χ1) is 10.6. The molecule has 3 aromatic rings. The molecule has 3 rings (SSSR count). The van der Waals surface area contributed by atoms with Gasteiger partial charge in [-0.25, -0.2) is 0 Å². The standard InChI is InChI=1S/C16H14N2O3S/c1-18-12-13(15-9-5-6-10-16(15)18)11-17-21-22(19,20)14-7-3-2-4-8-14/h2-12H,1H3. The summed E-state index contributed by atoms with van der Waals surface area (Å²) in [6.07, 6.45) is 3.27. The normalized spacial score (nSPS) is 12.0. The van der Waals surface area contributed by atoms with Gasteiger partial charge in [-0.15, -0.1) is 0 Å². The number of hydrogen-bond donors (Lipinski definition) is 0. The molecule has 0 fully saturated rings. The summed E-state index contributed by atoms with van der Waals surface area (Å²) in [5.74, 6) is 0. The number of benzene rings is 2. The van der Waals surface area contributed by atoms with Crippen molar-refractivity contribution in [2.75, 3.05) is 0 Å². The smallest absolute Gasteiger partial charge is 0.350 e. The van der Waals surface area contributed by atoms with E-state index in [1.54, 1.807) is 18.2 Å². The van der Waals surface area contributed by atoms with Gasteiger partial charge in [0.1, 0.15) is 4.90 Å². The van der Waals surface area contributed by atoms with Crippen LogP contribution in [-0.4, -0.2) is 19.2 Å². The van der Waals surface area contributed by atoms with Crippen LogP contribution in [0.25, 0.3) is 10.9 Å². The Balaban J connectivity index is 1.85. The summed E-state index contributed by atoms with van der Waals surface area (Å²) in [5, 5.41) is 4.61. The third-order valence-electron chi connectivity index (χ3n) is 3.29. The van der Waals surface area contributed by atoms with E-state index in [0.717, 1.165) is 16.5 Å². The van der Waals surface area contributed by atoms with Crippen LogP contribution in [0.15, 0.2) is 70.8 Å².